The van der Waals surface area contributed by atoms with Crippen molar-refractivity contribution in [2.75, 3.05) is 32.8 Å². The molecule has 0 bridgehead atoms. The number of carbonyl (C=O) groups excluding carboxylic acids is 2. The highest BCUT2D eigenvalue weighted by atomic mass is 35.5. The van der Waals surface area contributed by atoms with E-state index in [1.54, 1.807) is 17.0 Å². The van der Waals surface area contributed by atoms with Crippen molar-refractivity contribution in [3.63, 3.8) is 0 Å². The average molecular weight is 352 g/mol. The number of rotatable bonds is 4. The van der Waals surface area contributed by atoms with Crippen molar-refractivity contribution in [2.45, 2.75) is 12.5 Å². The van der Waals surface area contributed by atoms with Crippen LogP contribution in [0.1, 0.15) is 12.0 Å². The van der Waals surface area contributed by atoms with Crippen molar-refractivity contribution in [1.29, 1.82) is 0 Å². The number of nitrogens with one attached hydrogen (secondary N) is 1. The molecule has 24 heavy (non-hydrogen) atoms. The summed E-state index contributed by atoms with van der Waals surface area (Å²) in [5.74, 6) is -0.465. The topological polar surface area (TPSA) is 80.2 Å². The molecule has 1 aromatic rings. The maximum atomic E-state index is 12.1. The Morgan fingerprint density at radius 1 is 1.25 bits per heavy atom. The predicted molar refractivity (Wildman–Crippen MR) is 87.9 cm³/mol. The van der Waals surface area contributed by atoms with Crippen LogP contribution in [0.4, 0.5) is 0 Å². The average Bonchev–Trinajstić information content (AvgIpc) is 3.11. The minimum atomic E-state index is -0.715. The van der Waals surface area contributed by atoms with Gasteiger partial charge in [0.2, 0.25) is 12.0 Å². The highest BCUT2D eigenvalue weighted by Gasteiger charge is 2.29. The largest absolute Gasteiger partial charge is 0.382 e. The maximum Gasteiger partial charge on any atom is 0.264 e. The minimum Gasteiger partial charge on any atom is -0.382 e. The van der Waals surface area contributed by atoms with Gasteiger partial charge in [0.15, 0.2) is 0 Å². The van der Waals surface area contributed by atoms with Gasteiger partial charge in [0, 0.05) is 24.5 Å². The van der Waals surface area contributed by atoms with Crippen LogP contribution in [0.25, 0.3) is 0 Å². The molecule has 2 heterocycles. The molecule has 0 aromatic heterocycles. The lowest BCUT2D eigenvalue weighted by Gasteiger charge is -2.27. The van der Waals surface area contributed by atoms with Crippen LogP contribution in [-0.4, -0.2) is 61.4 Å². The van der Waals surface area contributed by atoms with Gasteiger partial charge >= 0.3 is 0 Å². The molecular weight excluding hydrogens is 334 g/mol. The summed E-state index contributed by atoms with van der Waals surface area (Å²) in [5.41, 5.74) is 1.55. The molecule has 1 aromatic carbocycles. The van der Waals surface area contributed by atoms with Crippen molar-refractivity contribution in [3.8, 4) is 0 Å². The zero-order chi connectivity index (χ0) is 16.9. The minimum absolute atomic E-state index is 0.0467. The van der Waals surface area contributed by atoms with Gasteiger partial charge in [-0.1, -0.05) is 28.9 Å². The lowest BCUT2D eigenvalue weighted by atomic mass is 10.0. The van der Waals surface area contributed by atoms with Crippen LogP contribution < -0.4 is 5.32 Å². The first kappa shape index (κ1) is 16.7. The Labute approximate surface area is 144 Å². The predicted octanol–water partition coefficient (Wildman–Crippen LogP) is 0.808. The number of hydrogen-bond donors (Lipinski definition) is 1. The molecule has 0 aliphatic carbocycles. The lowest BCUT2D eigenvalue weighted by molar-refractivity contribution is -0.138. The zero-order valence-corrected chi connectivity index (χ0v) is 13.8. The van der Waals surface area contributed by atoms with Gasteiger partial charge in [-0.2, -0.15) is 0 Å². The third-order valence-electron chi connectivity index (χ3n) is 3.92. The standard InChI is InChI=1S/C16H18ClN3O4/c17-12-3-1-11(2-4-12)13-9-14(24-19-13)16(22)18-10-15(21)20-5-7-23-8-6-20/h1-4,14H,5-10H2,(H,18,22). The van der Waals surface area contributed by atoms with Crippen molar-refractivity contribution in [3.05, 3.63) is 34.9 Å². The SMILES string of the molecule is O=C(NCC(=O)N1CCOCC1)C1CC(c2ccc(Cl)cc2)=NO1. The molecule has 1 unspecified atom stereocenters. The molecular formula is C16H18ClN3O4. The third kappa shape index (κ3) is 4.04. The summed E-state index contributed by atoms with van der Waals surface area (Å²) in [4.78, 5) is 31.0. The Balaban J connectivity index is 1.47. The fraction of sp³-hybridized carbons (Fsp3) is 0.438. The molecule has 8 heteroatoms. The van der Waals surface area contributed by atoms with E-state index in [4.69, 9.17) is 21.2 Å². The Kier molecular flexibility index (Phi) is 5.32. The Hall–Kier alpha value is -2.12. The number of hydrogen-bond acceptors (Lipinski definition) is 5. The van der Waals surface area contributed by atoms with E-state index in [9.17, 15) is 9.59 Å². The first-order chi connectivity index (χ1) is 11.6. The van der Waals surface area contributed by atoms with E-state index < -0.39 is 6.10 Å². The molecule has 0 spiro atoms. The molecule has 128 valence electrons. The van der Waals surface area contributed by atoms with Crippen LogP contribution in [0.15, 0.2) is 29.4 Å². The number of morpholine rings is 1. The van der Waals surface area contributed by atoms with E-state index in [1.165, 1.54) is 0 Å². The van der Waals surface area contributed by atoms with Gasteiger partial charge in [-0.15, -0.1) is 0 Å². The Morgan fingerprint density at radius 2 is 1.96 bits per heavy atom. The number of benzene rings is 1. The molecule has 1 atom stereocenters. The maximum absolute atomic E-state index is 12.1. The second-order valence-electron chi connectivity index (χ2n) is 5.55. The number of amides is 2. The number of halogens is 1. The molecule has 0 saturated carbocycles. The quantitative estimate of drug-likeness (QED) is 0.870. The highest BCUT2D eigenvalue weighted by Crippen LogP contribution is 2.18. The van der Waals surface area contributed by atoms with Gasteiger partial charge in [0.1, 0.15) is 0 Å². The second kappa shape index (κ2) is 7.63. The summed E-state index contributed by atoms with van der Waals surface area (Å²) in [6.07, 6.45) is -0.354. The van der Waals surface area contributed by atoms with E-state index in [0.29, 0.717) is 43.5 Å². The van der Waals surface area contributed by atoms with E-state index in [0.717, 1.165) is 5.56 Å². The molecule has 2 aliphatic heterocycles. The highest BCUT2D eigenvalue weighted by molar-refractivity contribution is 6.30. The van der Waals surface area contributed by atoms with Gasteiger partial charge < -0.3 is 19.8 Å². The summed E-state index contributed by atoms with van der Waals surface area (Å²) in [7, 11) is 0. The first-order valence-corrected chi connectivity index (χ1v) is 8.13. The van der Waals surface area contributed by atoms with Gasteiger partial charge in [-0.25, -0.2) is 0 Å². The van der Waals surface area contributed by atoms with Crippen LogP contribution in [0.2, 0.25) is 5.02 Å². The molecule has 7 nitrogen and oxygen atoms in total. The van der Waals surface area contributed by atoms with Crippen LogP contribution in [0.5, 0.6) is 0 Å². The number of ether oxygens (including phenoxy) is 1. The fourth-order valence-corrected chi connectivity index (χ4v) is 2.66. The zero-order valence-electron chi connectivity index (χ0n) is 13.0. The van der Waals surface area contributed by atoms with Gasteiger partial charge in [-0.3, -0.25) is 9.59 Å². The molecule has 3 rings (SSSR count). The Morgan fingerprint density at radius 3 is 2.67 bits per heavy atom. The number of nitrogens with zero attached hydrogens (tertiary/aromatic N) is 2. The van der Waals surface area contributed by atoms with Crippen LogP contribution in [0, 0.1) is 0 Å². The van der Waals surface area contributed by atoms with E-state index >= 15 is 0 Å². The lowest BCUT2D eigenvalue weighted by Crippen LogP contribution is -2.47. The van der Waals surface area contributed by atoms with Gasteiger partial charge in [0.25, 0.3) is 5.91 Å². The molecule has 1 N–H and O–H groups in total. The second-order valence-corrected chi connectivity index (χ2v) is 5.99. The molecule has 2 aliphatic rings. The summed E-state index contributed by atoms with van der Waals surface area (Å²) < 4.78 is 5.19. The Bertz CT molecular complexity index is 641. The summed E-state index contributed by atoms with van der Waals surface area (Å²) in [6, 6.07) is 7.17. The van der Waals surface area contributed by atoms with Gasteiger partial charge in [-0.05, 0) is 17.7 Å². The molecule has 2 amide bonds. The first-order valence-electron chi connectivity index (χ1n) is 7.75. The molecule has 0 radical (unpaired) electrons. The van der Waals surface area contributed by atoms with Crippen LogP contribution in [-0.2, 0) is 19.2 Å². The normalized spacial score (nSPS) is 20.3. The van der Waals surface area contributed by atoms with Crippen molar-refractivity contribution in [1.82, 2.24) is 10.2 Å². The summed E-state index contributed by atoms with van der Waals surface area (Å²) >= 11 is 5.85. The van der Waals surface area contributed by atoms with E-state index in [-0.39, 0.29) is 18.4 Å². The number of oxime groups is 1. The molecule has 1 saturated heterocycles. The summed E-state index contributed by atoms with van der Waals surface area (Å²) in [6.45, 7) is 2.12. The molecule has 1 fully saturated rings. The summed E-state index contributed by atoms with van der Waals surface area (Å²) in [5, 5.41) is 7.20. The number of carbonyl (C=O) groups is 2. The smallest absolute Gasteiger partial charge is 0.264 e. The van der Waals surface area contributed by atoms with Crippen LogP contribution in [0.3, 0.4) is 0 Å². The van der Waals surface area contributed by atoms with Crippen molar-refractivity contribution < 1.29 is 19.2 Å². The third-order valence-corrected chi connectivity index (χ3v) is 4.17. The van der Waals surface area contributed by atoms with Gasteiger partial charge in [0.05, 0.1) is 25.5 Å². The van der Waals surface area contributed by atoms with E-state index in [2.05, 4.69) is 10.5 Å². The van der Waals surface area contributed by atoms with Crippen molar-refractivity contribution >= 4 is 29.1 Å². The van der Waals surface area contributed by atoms with Crippen LogP contribution >= 0.6 is 11.6 Å². The van der Waals surface area contributed by atoms with Crippen molar-refractivity contribution in [2.24, 2.45) is 5.16 Å². The fourth-order valence-electron chi connectivity index (χ4n) is 2.53. The monoisotopic (exact) mass is 351 g/mol. The van der Waals surface area contributed by atoms with E-state index in [1.807, 2.05) is 12.1 Å².